The van der Waals surface area contributed by atoms with Crippen LogP contribution in [-0.2, 0) is 16.2 Å². The number of alkyl halides is 3. The summed E-state index contributed by atoms with van der Waals surface area (Å²) in [6.45, 7) is 0. The predicted octanol–water partition coefficient (Wildman–Crippen LogP) is 3.65. The molecular formula is C15H11F3N2O3S2. The predicted molar refractivity (Wildman–Crippen MR) is 91.4 cm³/mol. The van der Waals surface area contributed by atoms with Crippen molar-refractivity contribution in [2.45, 2.75) is 6.18 Å². The zero-order valence-corrected chi connectivity index (χ0v) is 14.3. The summed E-state index contributed by atoms with van der Waals surface area (Å²) >= 11 is 0.783. The number of anilines is 1. The molecule has 2 aromatic heterocycles. The van der Waals surface area contributed by atoms with Crippen molar-refractivity contribution in [1.29, 1.82) is 0 Å². The first-order valence-corrected chi connectivity index (χ1v) is 9.56. The van der Waals surface area contributed by atoms with E-state index in [1.165, 1.54) is 12.1 Å². The summed E-state index contributed by atoms with van der Waals surface area (Å²) in [6.07, 6.45) is -3.00. The number of fused-ring (bicyclic) bond motifs is 1. The highest BCUT2D eigenvalue weighted by Crippen LogP contribution is 2.41. The van der Waals surface area contributed by atoms with E-state index < -0.39 is 27.3 Å². The number of H-pyrrole nitrogens is 1. The van der Waals surface area contributed by atoms with Gasteiger partial charge in [0.25, 0.3) is 5.56 Å². The smallest absolute Gasteiger partial charge is 0.328 e. The standard InChI is InChI=1S/C15H11F3N2O3S2/c1-25(22,23)20-11-5-3-2-4-8(11)12-6-9-13(24-12)10(15(16,17)18)7-19-14(9)21/h2-7,20H,1H3,(H,19,21). The van der Waals surface area contributed by atoms with Crippen molar-refractivity contribution in [3.63, 3.8) is 0 Å². The SMILES string of the molecule is CS(=O)(=O)Nc1ccccc1-c1cc2c(=O)[nH]cc(C(F)(F)F)c2s1. The Morgan fingerprint density at radius 3 is 2.52 bits per heavy atom. The van der Waals surface area contributed by atoms with E-state index >= 15 is 0 Å². The van der Waals surface area contributed by atoms with Crippen molar-refractivity contribution in [3.05, 3.63) is 52.4 Å². The number of rotatable bonds is 3. The van der Waals surface area contributed by atoms with Crippen LogP contribution in [0.2, 0.25) is 0 Å². The van der Waals surface area contributed by atoms with E-state index in [9.17, 15) is 26.4 Å². The van der Waals surface area contributed by atoms with Crippen LogP contribution < -0.4 is 10.3 Å². The number of hydrogen-bond acceptors (Lipinski definition) is 4. The Morgan fingerprint density at radius 1 is 1.20 bits per heavy atom. The molecule has 0 fully saturated rings. The van der Waals surface area contributed by atoms with Gasteiger partial charge in [-0.15, -0.1) is 11.3 Å². The average Bonchev–Trinajstić information content (AvgIpc) is 2.90. The summed E-state index contributed by atoms with van der Waals surface area (Å²) in [5.74, 6) is 0. The van der Waals surface area contributed by atoms with Gasteiger partial charge in [-0.3, -0.25) is 9.52 Å². The van der Waals surface area contributed by atoms with Gasteiger partial charge in [-0.1, -0.05) is 18.2 Å². The normalized spacial score (nSPS) is 12.5. The van der Waals surface area contributed by atoms with Gasteiger partial charge in [0.2, 0.25) is 10.0 Å². The van der Waals surface area contributed by atoms with Crippen LogP contribution in [0.4, 0.5) is 18.9 Å². The number of hydrogen-bond donors (Lipinski definition) is 2. The summed E-state index contributed by atoms with van der Waals surface area (Å²) in [4.78, 5) is 14.3. The van der Waals surface area contributed by atoms with Crippen molar-refractivity contribution in [2.75, 3.05) is 11.0 Å². The Morgan fingerprint density at radius 2 is 1.88 bits per heavy atom. The van der Waals surface area contributed by atoms with Crippen molar-refractivity contribution in [1.82, 2.24) is 4.98 Å². The second kappa shape index (κ2) is 5.88. The number of aromatic amines is 1. The average molecular weight is 388 g/mol. The Kier molecular flexibility index (Phi) is 4.12. The second-order valence-electron chi connectivity index (χ2n) is 5.30. The van der Waals surface area contributed by atoms with Gasteiger partial charge in [-0.2, -0.15) is 13.2 Å². The molecule has 10 heteroatoms. The quantitative estimate of drug-likeness (QED) is 0.719. The lowest BCUT2D eigenvalue weighted by atomic mass is 10.1. The highest BCUT2D eigenvalue weighted by molar-refractivity contribution is 7.92. The van der Waals surface area contributed by atoms with Gasteiger partial charge in [0, 0.05) is 16.6 Å². The first kappa shape index (κ1) is 17.5. The first-order chi connectivity index (χ1) is 11.6. The number of thiophene rings is 1. The van der Waals surface area contributed by atoms with Crippen molar-refractivity contribution < 1.29 is 21.6 Å². The van der Waals surface area contributed by atoms with E-state index in [-0.39, 0.29) is 15.8 Å². The van der Waals surface area contributed by atoms with E-state index in [2.05, 4.69) is 9.71 Å². The maximum Gasteiger partial charge on any atom is 0.419 e. The molecule has 132 valence electrons. The molecule has 25 heavy (non-hydrogen) atoms. The highest BCUT2D eigenvalue weighted by Gasteiger charge is 2.34. The zero-order chi connectivity index (χ0) is 18.4. The molecular weight excluding hydrogens is 377 g/mol. The summed E-state index contributed by atoms with van der Waals surface area (Å²) in [5, 5.41) is -0.0935. The monoisotopic (exact) mass is 388 g/mol. The Balaban J connectivity index is 2.26. The van der Waals surface area contributed by atoms with E-state index in [1.54, 1.807) is 18.2 Å². The summed E-state index contributed by atoms with van der Waals surface area (Å²) in [5.41, 5.74) is -0.964. The summed E-state index contributed by atoms with van der Waals surface area (Å²) < 4.78 is 64.6. The third-order valence-electron chi connectivity index (χ3n) is 3.36. The molecule has 5 nitrogen and oxygen atoms in total. The molecule has 2 heterocycles. The number of halogens is 3. The Labute approximate surface area is 144 Å². The zero-order valence-electron chi connectivity index (χ0n) is 12.6. The third kappa shape index (κ3) is 3.54. The molecule has 0 spiro atoms. The van der Waals surface area contributed by atoms with Crippen LogP contribution in [0.3, 0.4) is 0 Å². The topological polar surface area (TPSA) is 79.0 Å². The van der Waals surface area contributed by atoms with Gasteiger partial charge in [-0.05, 0) is 12.1 Å². The van der Waals surface area contributed by atoms with Gasteiger partial charge in [0.1, 0.15) is 0 Å². The number of nitrogens with one attached hydrogen (secondary N) is 2. The minimum absolute atomic E-state index is 0.0935. The molecule has 0 bridgehead atoms. The van der Waals surface area contributed by atoms with Crippen molar-refractivity contribution in [2.24, 2.45) is 0 Å². The molecule has 3 rings (SSSR count). The summed E-state index contributed by atoms with van der Waals surface area (Å²) in [7, 11) is -3.57. The Bertz CT molecular complexity index is 1110. The lowest BCUT2D eigenvalue weighted by Gasteiger charge is -2.09. The fourth-order valence-corrected chi connectivity index (χ4v) is 4.18. The molecule has 0 amide bonds. The van der Waals surface area contributed by atoms with Gasteiger partial charge < -0.3 is 4.98 Å². The van der Waals surface area contributed by atoms with E-state index in [4.69, 9.17) is 0 Å². The fraction of sp³-hybridized carbons (Fsp3) is 0.133. The minimum Gasteiger partial charge on any atom is -0.328 e. The molecule has 0 saturated carbocycles. The molecule has 0 aliphatic heterocycles. The fourth-order valence-electron chi connectivity index (χ4n) is 2.37. The van der Waals surface area contributed by atoms with E-state index in [1.807, 2.05) is 0 Å². The highest BCUT2D eigenvalue weighted by atomic mass is 32.2. The molecule has 0 aliphatic carbocycles. The largest absolute Gasteiger partial charge is 0.419 e. The van der Waals surface area contributed by atoms with Crippen LogP contribution in [0.25, 0.3) is 20.5 Å². The molecule has 0 saturated heterocycles. The molecule has 1 aromatic carbocycles. The molecule has 2 N–H and O–H groups in total. The lowest BCUT2D eigenvalue weighted by molar-refractivity contribution is -0.136. The van der Waals surface area contributed by atoms with E-state index in [0.717, 1.165) is 17.6 Å². The molecule has 3 aromatic rings. The number of pyridine rings is 1. The number of sulfonamides is 1. The van der Waals surface area contributed by atoms with Crippen LogP contribution >= 0.6 is 11.3 Å². The van der Waals surface area contributed by atoms with Crippen LogP contribution in [0, 0.1) is 0 Å². The second-order valence-corrected chi connectivity index (χ2v) is 8.10. The third-order valence-corrected chi connectivity index (χ3v) is 5.15. The van der Waals surface area contributed by atoms with Crippen LogP contribution in [-0.4, -0.2) is 19.7 Å². The van der Waals surface area contributed by atoms with Crippen molar-refractivity contribution >= 4 is 37.1 Å². The Hall–Kier alpha value is -2.33. The molecule has 0 radical (unpaired) electrons. The number of para-hydroxylation sites is 1. The van der Waals surface area contributed by atoms with Crippen LogP contribution in [0.1, 0.15) is 5.56 Å². The van der Waals surface area contributed by atoms with Crippen molar-refractivity contribution in [3.8, 4) is 10.4 Å². The molecule has 0 unspecified atom stereocenters. The number of benzene rings is 1. The van der Waals surface area contributed by atoms with Gasteiger partial charge in [0.15, 0.2) is 0 Å². The maximum atomic E-state index is 13.2. The van der Waals surface area contributed by atoms with Gasteiger partial charge in [-0.25, -0.2) is 8.42 Å². The van der Waals surface area contributed by atoms with Gasteiger partial charge >= 0.3 is 6.18 Å². The number of aromatic nitrogens is 1. The van der Waals surface area contributed by atoms with Crippen LogP contribution in [0.15, 0.2) is 41.3 Å². The lowest BCUT2D eigenvalue weighted by Crippen LogP contribution is -2.11. The van der Waals surface area contributed by atoms with Gasteiger partial charge in [0.05, 0.1) is 27.6 Å². The maximum absolute atomic E-state index is 13.2. The first-order valence-electron chi connectivity index (χ1n) is 6.86. The van der Waals surface area contributed by atoms with Crippen LogP contribution in [0.5, 0.6) is 0 Å². The minimum atomic E-state index is -4.62. The molecule has 0 aliphatic rings. The summed E-state index contributed by atoms with van der Waals surface area (Å²) in [6, 6.07) is 7.62. The van der Waals surface area contributed by atoms with E-state index in [0.29, 0.717) is 16.6 Å². The molecule has 0 atom stereocenters.